The molecule has 0 fully saturated rings. The summed E-state index contributed by atoms with van der Waals surface area (Å²) in [5, 5.41) is 9.12. The average Bonchev–Trinajstić information content (AvgIpc) is 2.69. The van der Waals surface area contributed by atoms with Crippen LogP contribution < -0.4 is 10.5 Å². The minimum absolute atomic E-state index is 0.00843. The van der Waals surface area contributed by atoms with Crippen molar-refractivity contribution in [3.8, 4) is 5.75 Å². The maximum Gasteiger partial charge on any atom is 0.356 e. The van der Waals surface area contributed by atoms with Crippen LogP contribution in [0.15, 0.2) is 18.3 Å². The van der Waals surface area contributed by atoms with Crippen LogP contribution in [-0.2, 0) is 6.42 Å². The number of rotatable bonds is 4. The molecular formula is C11H13N3O3. The number of methoxy groups -OCH3 is 1. The number of ether oxygens (including phenoxy) is 1. The van der Waals surface area contributed by atoms with Crippen LogP contribution in [0.4, 0.5) is 0 Å². The minimum atomic E-state index is -1.07. The highest BCUT2D eigenvalue weighted by Crippen LogP contribution is 2.24. The molecule has 2 heterocycles. The number of carboxylic acids is 1. The number of nitrogens with two attached hydrogens (primary N) is 1. The lowest BCUT2D eigenvalue weighted by atomic mass is 10.3. The second kappa shape index (κ2) is 4.42. The van der Waals surface area contributed by atoms with Gasteiger partial charge >= 0.3 is 5.97 Å². The predicted octanol–water partition coefficient (Wildman–Crippen LogP) is 0.542. The number of aromatic carboxylic acids is 1. The Balaban J connectivity index is 2.76. The summed E-state index contributed by atoms with van der Waals surface area (Å²) in [7, 11) is 1.50. The Morgan fingerprint density at radius 1 is 1.65 bits per heavy atom. The zero-order valence-corrected chi connectivity index (χ0v) is 9.38. The monoisotopic (exact) mass is 235 g/mol. The third-order valence-electron chi connectivity index (χ3n) is 2.49. The van der Waals surface area contributed by atoms with Crippen molar-refractivity contribution < 1.29 is 14.6 Å². The molecule has 3 N–H and O–H groups in total. The standard InChI is InChI=1S/C11H13N3O3/c1-17-7-3-2-6-14-8(4-5-12)13-9(10(7)14)11(15)16/h2-3,6H,4-5,12H2,1H3,(H,15,16). The third-order valence-corrected chi connectivity index (χ3v) is 2.49. The summed E-state index contributed by atoms with van der Waals surface area (Å²) in [6.07, 6.45) is 2.27. The van der Waals surface area contributed by atoms with E-state index in [1.165, 1.54) is 7.11 Å². The third kappa shape index (κ3) is 1.83. The Bertz CT molecular complexity index is 562. The van der Waals surface area contributed by atoms with E-state index in [4.69, 9.17) is 15.6 Å². The largest absolute Gasteiger partial charge is 0.494 e. The van der Waals surface area contributed by atoms with Gasteiger partial charge in [0, 0.05) is 12.6 Å². The van der Waals surface area contributed by atoms with Crippen molar-refractivity contribution in [2.45, 2.75) is 6.42 Å². The normalized spacial score (nSPS) is 10.7. The fraction of sp³-hybridized carbons (Fsp3) is 0.273. The molecule has 6 nitrogen and oxygen atoms in total. The summed E-state index contributed by atoms with van der Waals surface area (Å²) < 4.78 is 6.86. The van der Waals surface area contributed by atoms with E-state index in [1.54, 1.807) is 22.7 Å². The molecule has 0 saturated carbocycles. The number of aromatic nitrogens is 2. The smallest absolute Gasteiger partial charge is 0.356 e. The van der Waals surface area contributed by atoms with Crippen LogP contribution in [-0.4, -0.2) is 34.1 Å². The number of nitrogens with zero attached hydrogens (tertiary/aromatic N) is 2. The quantitative estimate of drug-likeness (QED) is 0.807. The topological polar surface area (TPSA) is 89.9 Å². The van der Waals surface area contributed by atoms with Crippen LogP contribution in [0.25, 0.3) is 5.52 Å². The van der Waals surface area contributed by atoms with Crippen LogP contribution in [0.3, 0.4) is 0 Å². The van der Waals surface area contributed by atoms with Crippen molar-refractivity contribution in [1.82, 2.24) is 9.38 Å². The van der Waals surface area contributed by atoms with Crippen LogP contribution in [0.5, 0.6) is 5.75 Å². The first-order valence-corrected chi connectivity index (χ1v) is 5.16. The second-order valence-electron chi connectivity index (χ2n) is 3.52. The van der Waals surface area contributed by atoms with Crippen LogP contribution >= 0.6 is 0 Å². The van der Waals surface area contributed by atoms with Crippen molar-refractivity contribution in [3.05, 3.63) is 29.8 Å². The number of carbonyl (C=O) groups is 1. The van der Waals surface area contributed by atoms with Crippen molar-refractivity contribution in [1.29, 1.82) is 0 Å². The summed E-state index contributed by atoms with van der Waals surface area (Å²) >= 11 is 0. The number of hydrogen-bond donors (Lipinski definition) is 2. The number of pyridine rings is 1. The molecule has 0 aromatic carbocycles. The van der Waals surface area contributed by atoms with Gasteiger partial charge in [-0.15, -0.1) is 0 Å². The van der Waals surface area contributed by atoms with Crippen molar-refractivity contribution >= 4 is 11.5 Å². The summed E-state index contributed by atoms with van der Waals surface area (Å²) in [5.74, 6) is 0.0368. The summed E-state index contributed by atoms with van der Waals surface area (Å²) in [6.45, 7) is 0.412. The Kier molecular flexibility index (Phi) is 2.97. The minimum Gasteiger partial charge on any atom is -0.494 e. The van der Waals surface area contributed by atoms with Crippen molar-refractivity contribution in [2.75, 3.05) is 13.7 Å². The second-order valence-corrected chi connectivity index (χ2v) is 3.52. The van der Waals surface area contributed by atoms with Gasteiger partial charge in [0.15, 0.2) is 5.69 Å². The van der Waals surface area contributed by atoms with Gasteiger partial charge < -0.3 is 15.6 Å². The molecule has 2 aromatic rings. The van der Waals surface area contributed by atoms with Crippen LogP contribution in [0.2, 0.25) is 0 Å². The Morgan fingerprint density at radius 3 is 3.00 bits per heavy atom. The maximum absolute atomic E-state index is 11.1. The summed E-state index contributed by atoms with van der Waals surface area (Å²) in [5.41, 5.74) is 5.93. The molecule has 0 aliphatic carbocycles. The maximum atomic E-state index is 11.1. The molecule has 17 heavy (non-hydrogen) atoms. The van der Waals surface area contributed by atoms with E-state index in [1.807, 2.05) is 0 Å². The number of hydrogen-bond acceptors (Lipinski definition) is 4. The molecule has 0 unspecified atom stereocenters. The molecule has 0 aliphatic heterocycles. The molecule has 0 radical (unpaired) electrons. The van der Waals surface area contributed by atoms with E-state index in [9.17, 15) is 4.79 Å². The van der Waals surface area contributed by atoms with Crippen LogP contribution in [0, 0.1) is 0 Å². The predicted molar refractivity (Wildman–Crippen MR) is 61.5 cm³/mol. The molecule has 0 amide bonds. The number of carboxylic acid groups (broad SMARTS) is 1. The lowest BCUT2D eigenvalue weighted by molar-refractivity contribution is 0.0693. The van der Waals surface area contributed by atoms with Gasteiger partial charge in [0.2, 0.25) is 0 Å². The first-order valence-electron chi connectivity index (χ1n) is 5.16. The fourth-order valence-electron chi connectivity index (χ4n) is 1.79. The van der Waals surface area contributed by atoms with Crippen LogP contribution in [0.1, 0.15) is 16.3 Å². The van der Waals surface area contributed by atoms with E-state index < -0.39 is 5.97 Å². The SMILES string of the molecule is COc1cccn2c(CCN)nc(C(=O)O)c12. The Morgan fingerprint density at radius 2 is 2.41 bits per heavy atom. The van der Waals surface area contributed by atoms with Gasteiger partial charge in [0.05, 0.1) is 7.11 Å². The first-order chi connectivity index (χ1) is 8.19. The van der Waals surface area contributed by atoms with Crippen molar-refractivity contribution in [3.63, 3.8) is 0 Å². The van der Waals surface area contributed by atoms with Gasteiger partial charge in [-0.1, -0.05) is 0 Å². The lowest BCUT2D eigenvalue weighted by Crippen LogP contribution is -2.06. The molecule has 0 spiro atoms. The lowest BCUT2D eigenvalue weighted by Gasteiger charge is -2.04. The fourth-order valence-corrected chi connectivity index (χ4v) is 1.79. The summed E-state index contributed by atoms with van der Waals surface area (Å²) in [4.78, 5) is 15.2. The van der Waals surface area contributed by atoms with E-state index in [-0.39, 0.29) is 5.69 Å². The highest BCUT2D eigenvalue weighted by molar-refractivity contribution is 5.95. The molecule has 2 aromatic heterocycles. The van der Waals surface area contributed by atoms with Gasteiger partial charge in [0.25, 0.3) is 0 Å². The Hall–Kier alpha value is -2.08. The van der Waals surface area contributed by atoms with E-state index in [2.05, 4.69) is 4.98 Å². The molecule has 0 saturated heterocycles. The number of imidazole rings is 1. The van der Waals surface area contributed by atoms with Gasteiger partial charge in [-0.3, -0.25) is 4.40 Å². The molecule has 90 valence electrons. The van der Waals surface area contributed by atoms with Gasteiger partial charge in [-0.2, -0.15) is 0 Å². The summed E-state index contributed by atoms with van der Waals surface area (Å²) in [6, 6.07) is 3.48. The molecule has 2 rings (SSSR count). The number of fused-ring (bicyclic) bond motifs is 1. The first kappa shape index (κ1) is 11.4. The zero-order valence-electron chi connectivity index (χ0n) is 9.38. The van der Waals surface area contributed by atoms with Gasteiger partial charge in [0.1, 0.15) is 17.1 Å². The van der Waals surface area contributed by atoms with Gasteiger partial charge in [-0.05, 0) is 18.7 Å². The van der Waals surface area contributed by atoms with E-state index in [0.717, 1.165) is 0 Å². The van der Waals surface area contributed by atoms with Crippen molar-refractivity contribution in [2.24, 2.45) is 5.73 Å². The molecule has 0 atom stereocenters. The van der Waals surface area contributed by atoms with E-state index >= 15 is 0 Å². The van der Waals surface area contributed by atoms with E-state index in [0.29, 0.717) is 30.1 Å². The zero-order chi connectivity index (χ0) is 12.4. The highest BCUT2D eigenvalue weighted by Gasteiger charge is 2.19. The molecule has 6 heteroatoms. The molecule has 0 aliphatic rings. The molecular weight excluding hydrogens is 222 g/mol. The van der Waals surface area contributed by atoms with Gasteiger partial charge in [-0.25, -0.2) is 9.78 Å². The Labute approximate surface area is 97.6 Å². The average molecular weight is 235 g/mol. The molecule has 0 bridgehead atoms. The highest BCUT2D eigenvalue weighted by atomic mass is 16.5.